The molecule has 1 saturated heterocycles. The summed E-state index contributed by atoms with van der Waals surface area (Å²) in [4.78, 5) is 0.420. The largest absolute Gasteiger partial charge is 0.285 e. The van der Waals surface area contributed by atoms with Gasteiger partial charge in [-0.2, -0.15) is 4.31 Å². The first kappa shape index (κ1) is 17.2. The summed E-state index contributed by atoms with van der Waals surface area (Å²) in [5, 5.41) is 8.49. The molecular formula is C19H22N4O2S. The summed E-state index contributed by atoms with van der Waals surface area (Å²) in [7, 11) is -3.61. The van der Waals surface area contributed by atoms with Crippen LogP contribution < -0.4 is 0 Å². The van der Waals surface area contributed by atoms with E-state index in [1.807, 2.05) is 61.7 Å². The van der Waals surface area contributed by atoms with E-state index in [9.17, 15) is 8.42 Å². The quantitative estimate of drug-likeness (QED) is 0.710. The van der Waals surface area contributed by atoms with Crippen molar-refractivity contribution in [1.29, 1.82) is 0 Å². The minimum atomic E-state index is -3.61. The third kappa shape index (κ3) is 2.62. The number of benzene rings is 1. The van der Waals surface area contributed by atoms with Crippen molar-refractivity contribution in [3.63, 3.8) is 0 Å². The van der Waals surface area contributed by atoms with Crippen molar-refractivity contribution < 1.29 is 8.42 Å². The molecule has 136 valence electrons. The van der Waals surface area contributed by atoms with Gasteiger partial charge in [-0.25, -0.2) is 8.42 Å². The highest BCUT2D eigenvalue weighted by molar-refractivity contribution is 7.89. The van der Waals surface area contributed by atoms with Gasteiger partial charge in [-0.05, 0) is 56.9 Å². The molecule has 6 nitrogen and oxygen atoms in total. The number of sulfonamides is 1. The van der Waals surface area contributed by atoms with Crippen molar-refractivity contribution >= 4 is 15.7 Å². The monoisotopic (exact) mass is 370 g/mol. The van der Waals surface area contributed by atoms with E-state index in [0.29, 0.717) is 17.3 Å². The Morgan fingerprint density at radius 1 is 1.08 bits per heavy atom. The summed E-state index contributed by atoms with van der Waals surface area (Å²) in [6.07, 6.45) is 3.45. The van der Waals surface area contributed by atoms with Crippen LogP contribution in [-0.2, 0) is 10.0 Å². The van der Waals surface area contributed by atoms with E-state index >= 15 is 0 Å². The van der Waals surface area contributed by atoms with Crippen LogP contribution >= 0.6 is 0 Å². The predicted molar refractivity (Wildman–Crippen MR) is 99.5 cm³/mol. The van der Waals surface area contributed by atoms with E-state index < -0.39 is 10.0 Å². The van der Waals surface area contributed by atoms with Gasteiger partial charge in [0, 0.05) is 12.7 Å². The van der Waals surface area contributed by atoms with Gasteiger partial charge >= 0.3 is 0 Å². The molecule has 2 aromatic heterocycles. The Morgan fingerprint density at radius 2 is 1.81 bits per heavy atom. The van der Waals surface area contributed by atoms with Crippen LogP contribution in [-0.4, -0.2) is 33.9 Å². The lowest BCUT2D eigenvalue weighted by molar-refractivity contribution is 0.381. The van der Waals surface area contributed by atoms with Gasteiger partial charge in [-0.15, -0.1) is 10.2 Å². The van der Waals surface area contributed by atoms with E-state index in [4.69, 9.17) is 0 Å². The van der Waals surface area contributed by atoms with E-state index in [2.05, 4.69) is 10.2 Å². The third-order valence-electron chi connectivity index (χ3n) is 5.01. The minimum Gasteiger partial charge on any atom is -0.285 e. The SMILES string of the molecule is Cc1cc(C)c(S(=O)(=O)N2CCC[C@@H]2c2nnc3ccccn23)c(C)c1. The number of aromatic nitrogens is 3. The van der Waals surface area contributed by atoms with Crippen molar-refractivity contribution in [1.82, 2.24) is 18.9 Å². The van der Waals surface area contributed by atoms with Crippen molar-refractivity contribution in [2.24, 2.45) is 0 Å². The topological polar surface area (TPSA) is 67.6 Å². The maximum atomic E-state index is 13.5. The molecule has 7 heteroatoms. The first-order valence-corrected chi connectivity index (χ1v) is 10.2. The summed E-state index contributed by atoms with van der Waals surface area (Å²) < 4.78 is 30.5. The number of pyridine rings is 1. The summed E-state index contributed by atoms with van der Waals surface area (Å²) in [5.41, 5.74) is 3.38. The second-order valence-corrected chi connectivity index (χ2v) is 8.82. The molecule has 0 radical (unpaired) electrons. The van der Waals surface area contributed by atoms with Crippen molar-refractivity contribution in [3.05, 3.63) is 59.0 Å². The third-order valence-corrected chi connectivity index (χ3v) is 7.23. The van der Waals surface area contributed by atoms with Crippen LogP contribution in [0, 0.1) is 20.8 Å². The molecule has 0 bridgehead atoms. The average Bonchev–Trinajstić information content (AvgIpc) is 3.20. The molecule has 3 aromatic rings. The molecule has 0 N–H and O–H groups in total. The molecule has 0 aliphatic carbocycles. The van der Waals surface area contributed by atoms with Crippen LogP contribution in [0.2, 0.25) is 0 Å². The standard InChI is InChI=1S/C19H22N4O2S/c1-13-11-14(2)18(15(3)12-13)26(24,25)23-10-6-7-16(23)19-21-20-17-8-4-5-9-22(17)19/h4-5,8-9,11-12,16H,6-7,10H2,1-3H3/t16-/m1/s1. The Labute approximate surface area is 153 Å². The minimum absolute atomic E-state index is 0.294. The summed E-state index contributed by atoms with van der Waals surface area (Å²) in [5.74, 6) is 0.684. The molecule has 3 heterocycles. The number of hydrogen-bond acceptors (Lipinski definition) is 4. The van der Waals surface area contributed by atoms with Crippen LogP contribution in [0.3, 0.4) is 0 Å². The van der Waals surface area contributed by atoms with E-state index in [0.717, 1.165) is 35.2 Å². The number of nitrogens with zero attached hydrogens (tertiary/aromatic N) is 4. The zero-order valence-electron chi connectivity index (χ0n) is 15.2. The Morgan fingerprint density at radius 3 is 2.54 bits per heavy atom. The lowest BCUT2D eigenvalue weighted by atomic mass is 10.1. The van der Waals surface area contributed by atoms with Gasteiger partial charge in [-0.1, -0.05) is 23.8 Å². The van der Waals surface area contributed by atoms with E-state index in [1.54, 1.807) is 4.31 Å². The maximum Gasteiger partial charge on any atom is 0.244 e. The molecule has 1 fully saturated rings. The highest BCUT2D eigenvalue weighted by Crippen LogP contribution is 2.37. The van der Waals surface area contributed by atoms with Crippen LogP contribution in [0.5, 0.6) is 0 Å². The van der Waals surface area contributed by atoms with Crippen molar-refractivity contribution in [2.45, 2.75) is 44.6 Å². The van der Waals surface area contributed by atoms with Gasteiger partial charge in [0.15, 0.2) is 11.5 Å². The van der Waals surface area contributed by atoms with E-state index in [-0.39, 0.29) is 6.04 Å². The number of fused-ring (bicyclic) bond motifs is 1. The van der Waals surface area contributed by atoms with Crippen molar-refractivity contribution in [2.75, 3.05) is 6.54 Å². The summed E-state index contributed by atoms with van der Waals surface area (Å²) in [6.45, 7) is 6.22. The van der Waals surface area contributed by atoms with Gasteiger partial charge < -0.3 is 0 Å². The Hall–Kier alpha value is -2.25. The Bertz CT molecular complexity index is 1060. The normalized spacial score (nSPS) is 18.7. The lowest BCUT2D eigenvalue weighted by Crippen LogP contribution is -2.32. The fourth-order valence-corrected chi connectivity index (χ4v) is 6.13. The number of hydrogen-bond donors (Lipinski definition) is 0. The van der Waals surface area contributed by atoms with Gasteiger partial charge in [0.1, 0.15) is 0 Å². The molecule has 0 spiro atoms. The maximum absolute atomic E-state index is 13.5. The number of aryl methyl sites for hydroxylation is 3. The first-order valence-electron chi connectivity index (χ1n) is 8.79. The zero-order valence-corrected chi connectivity index (χ0v) is 16.0. The fourth-order valence-electron chi connectivity index (χ4n) is 4.06. The zero-order chi connectivity index (χ0) is 18.5. The highest BCUT2D eigenvalue weighted by Gasteiger charge is 2.39. The van der Waals surface area contributed by atoms with Gasteiger partial charge in [0.05, 0.1) is 10.9 Å². The molecule has 4 rings (SSSR count). The second-order valence-electron chi connectivity index (χ2n) is 6.99. The molecule has 0 saturated carbocycles. The predicted octanol–water partition coefficient (Wildman–Crippen LogP) is 3.18. The average molecular weight is 370 g/mol. The van der Waals surface area contributed by atoms with Crippen molar-refractivity contribution in [3.8, 4) is 0 Å². The molecule has 0 unspecified atom stereocenters. The molecule has 1 aliphatic heterocycles. The smallest absolute Gasteiger partial charge is 0.244 e. The van der Waals surface area contributed by atoms with Gasteiger partial charge in [-0.3, -0.25) is 4.40 Å². The Balaban J connectivity index is 1.82. The lowest BCUT2D eigenvalue weighted by Gasteiger charge is -2.25. The summed E-state index contributed by atoms with van der Waals surface area (Å²) >= 11 is 0. The van der Waals surface area contributed by atoms with E-state index in [1.165, 1.54) is 0 Å². The molecule has 1 atom stereocenters. The first-order chi connectivity index (χ1) is 12.4. The molecule has 0 amide bonds. The van der Waals surface area contributed by atoms with Crippen LogP contribution in [0.4, 0.5) is 0 Å². The Kier molecular flexibility index (Phi) is 4.08. The van der Waals surface area contributed by atoms with Crippen LogP contribution in [0.15, 0.2) is 41.4 Å². The molecule has 26 heavy (non-hydrogen) atoms. The second kappa shape index (κ2) is 6.17. The van der Waals surface area contributed by atoms with Gasteiger partial charge in [0.25, 0.3) is 0 Å². The number of rotatable bonds is 3. The summed E-state index contributed by atoms with van der Waals surface area (Å²) in [6, 6.07) is 9.24. The molecule has 1 aromatic carbocycles. The van der Waals surface area contributed by atoms with Gasteiger partial charge in [0.2, 0.25) is 10.0 Å². The van der Waals surface area contributed by atoms with Crippen LogP contribution in [0.25, 0.3) is 5.65 Å². The fraction of sp³-hybridized carbons (Fsp3) is 0.368. The highest BCUT2D eigenvalue weighted by atomic mass is 32.2. The molecule has 1 aliphatic rings. The van der Waals surface area contributed by atoms with Crippen LogP contribution in [0.1, 0.15) is 41.4 Å². The molecular weight excluding hydrogens is 348 g/mol.